The maximum Gasteiger partial charge on any atom is 0.244 e. The Kier molecular flexibility index (Phi) is 5.33. The van der Waals surface area contributed by atoms with E-state index in [2.05, 4.69) is 61.1 Å². The Hall–Kier alpha value is -2.33. The van der Waals surface area contributed by atoms with Crippen LogP contribution in [0.2, 0.25) is 0 Å². The van der Waals surface area contributed by atoms with Crippen LogP contribution < -0.4 is 9.30 Å². The van der Waals surface area contributed by atoms with Gasteiger partial charge in [-0.25, -0.2) is 9.13 Å². The molecule has 0 fully saturated rings. The van der Waals surface area contributed by atoms with E-state index in [4.69, 9.17) is 4.74 Å². The van der Waals surface area contributed by atoms with E-state index in [0.29, 0.717) is 6.54 Å². The first kappa shape index (κ1) is 18.5. The maximum absolute atomic E-state index is 10.5. The summed E-state index contributed by atoms with van der Waals surface area (Å²) in [6, 6.07) is 10.6. The van der Waals surface area contributed by atoms with E-state index < -0.39 is 6.10 Å². The maximum atomic E-state index is 10.5. The van der Waals surface area contributed by atoms with Crippen molar-refractivity contribution >= 4 is 11.0 Å². The monoisotopic (exact) mass is 353 g/mol. The summed E-state index contributed by atoms with van der Waals surface area (Å²) in [5.74, 6) is 0.829. The van der Waals surface area contributed by atoms with E-state index in [0.717, 1.165) is 17.7 Å². The fraction of sp³-hybridized carbons (Fsp3) is 0.409. The predicted octanol–water partition coefficient (Wildman–Crippen LogP) is 3.39. The number of rotatable bonds is 6. The molecule has 1 N–H and O–H groups in total. The molecule has 0 saturated heterocycles. The van der Waals surface area contributed by atoms with Crippen LogP contribution in [0.3, 0.4) is 0 Å². The number of benzene rings is 2. The van der Waals surface area contributed by atoms with Crippen LogP contribution in [0.25, 0.3) is 11.0 Å². The van der Waals surface area contributed by atoms with Crippen molar-refractivity contribution in [2.45, 2.75) is 46.8 Å². The number of aliphatic hydroxyl groups is 1. The minimum Gasteiger partial charge on any atom is -0.491 e. The zero-order valence-electron chi connectivity index (χ0n) is 16.4. The molecule has 0 aliphatic heterocycles. The van der Waals surface area contributed by atoms with Gasteiger partial charge in [0, 0.05) is 0 Å². The van der Waals surface area contributed by atoms with Crippen LogP contribution in [-0.4, -0.2) is 22.4 Å². The van der Waals surface area contributed by atoms with Gasteiger partial charge >= 0.3 is 0 Å². The Bertz CT molecular complexity index is 928. The summed E-state index contributed by atoms with van der Waals surface area (Å²) in [5, 5.41) is 10.5. The highest BCUT2D eigenvalue weighted by molar-refractivity contribution is 5.74. The zero-order chi connectivity index (χ0) is 18.8. The summed E-state index contributed by atoms with van der Waals surface area (Å²) >= 11 is 0. The third kappa shape index (κ3) is 3.91. The Morgan fingerprint density at radius 2 is 1.81 bits per heavy atom. The molecule has 0 radical (unpaired) electrons. The molecule has 3 aromatic rings. The molecular formula is C22H29N2O2+. The van der Waals surface area contributed by atoms with Gasteiger partial charge < -0.3 is 9.84 Å². The second-order valence-corrected chi connectivity index (χ2v) is 7.28. The second-order valence-electron chi connectivity index (χ2n) is 7.28. The number of fused-ring (bicyclic) bond motifs is 1. The van der Waals surface area contributed by atoms with Gasteiger partial charge in [-0.1, -0.05) is 13.0 Å². The van der Waals surface area contributed by atoms with Crippen LogP contribution >= 0.6 is 0 Å². The normalized spacial score (nSPS) is 12.5. The van der Waals surface area contributed by atoms with Crippen LogP contribution in [0.4, 0.5) is 0 Å². The molecule has 0 aliphatic rings. The Labute approximate surface area is 155 Å². The largest absolute Gasteiger partial charge is 0.491 e. The summed E-state index contributed by atoms with van der Waals surface area (Å²) in [6.45, 7) is 9.23. The van der Waals surface area contributed by atoms with Gasteiger partial charge in [0.2, 0.25) is 6.33 Å². The Morgan fingerprint density at radius 3 is 2.54 bits per heavy atom. The van der Waals surface area contributed by atoms with Gasteiger partial charge in [-0.2, -0.15) is 0 Å². The highest BCUT2D eigenvalue weighted by Gasteiger charge is 2.18. The van der Waals surface area contributed by atoms with Gasteiger partial charge in [-0.3, -0.25) is 0 Å². The minimum absolute atomic E-state index is 0.279. The number of aromatic nitrogens is 2. The molecule has 1 heterocycles. The first-order valence-electron chi connectivity index (χ1n) is 9.24. The minimum atomic E-state index is -0.571. The first-order chi connectivity index (χ1) is 12.4. The number of imidazole rings is 1. The molecule has 0 bridgehead atoms. The number of aliphatic hydroxyl groups excluding tert-OH is 1. The third-order valence-corrected chi connectivity index (χ3v) is 4.96. The number of nitrogens with zero attached hydrogens (tertiary/aromatic N) is 2. The molecule has 4 heteroatoms. The van der Waals surface area contributed by atoms with Gasteiger partial charge in [-0.15, -0.1) is 0 Å². The van der Waals surface area contributed by atoms with Crippen LogP contribution in [0.1, 0.15) is 29.2 Å². The Balaban J connectivity index is 1.72. The molecule has 138 valence electrons. The molecule has 0 saturated carbocycles. The number of hydrogen-bond acceptors (Lipinski definition) is 2. The van der Waals surface area contributed by atoms with Crippen molar-refractivity contribution < 1.29 is 14.4 Å². The summed E-state index contributed by atoms with van der Waals surface area (Å²) in [7, 11) is 2.04. The summed E-state index contributed by atoms with van der Waals surface area (Å²) in [6.07, 6.45) is 2.44. The molecule has 1 aromatic heterocycles. The molecule has 0 unspecified atom stereocenters. The number of ether oxygens (including phenoxy) is 1. The van der Waals surface area contributed by atoms with E-state index >= 15 is 0 Å². The average molecular weight is 353 g/mol. The van der Waals surface area contributed by atoms with Crippen molar-refractivity contribution in [2.75, 3.05) is 6.61 Å². The van der Waals surface area contributed by atoms with Crippen molar-refractivity contribution in [3.05, 3.63) is 58.9 Å². The van der Waals surface area contributed by atoms with Crippen LogP contribution in [0, 0.1) is 20.8 Å². The molecule has 0 spiro atoms. The SMILES string of the molecule is CCc1cc(C)cc(OC[C@H](O)Cn2c[n+](C)c3cc(C)c(C)cc32)c1. The van der Waals surface area contributed by atoms with E-state index in [-0.39, 0.29) is 6.61 Å². The van der Waals surface area contributed by atoms with Gasteiger partial charge in [0.05, 0.1) is 7.05 Å². The van der Waals surface area contributed by atoms with Gasteiger partial charge in [-0.05, 0) is 73.7 Å². The lowest BCUT2D eigenvalue weighted by Crippen LogP contribution is -2.27. The molecule has 3 rings (SSSR count). The van der Waals surface area contributed by atoms with Gasteiger partial charge in [0.25, 0.3) is 0 Å². The molecule has 26 heavy (non-hydrogen) atoms. The molecular weight excluding hydrogens is 324 g/mol. The van der Waals surface area contributed by atoms with E-state index in [1.54, 1.807) is 0 Å². The number of hydrogen-bond donors (Lipinski definition) is 1. The first-order valence-corrected chi connectivity index (χ1v) is 9.24. The summed E-state index contributed by atoms with van der Waals surface area (Å²) < 4.78 is 10.1. The van der Waals surface area contributed by atoms with Crippen LogP contribution in [0.5, 0.6) is 5.75 Å². The molecule has 0 aliphatic carbocycles. The zero-order valence-corrected chi connectivity index (χ0v) is 16.4. The Morgan fingerprint density at radius 1 is 1.08 bits per heavy atom. The average Bonchev–Trinajstić information content (AvgIpc) is 2.88. The van der Waals surface area contributed by atoms with Crippen molar-refractivity contribution in [2.24, 2.45) is 7.05 Å². The standard InChI is InChI=1S/C22H29N2O2/c1-6-18-7-15(2)8-20(11-18)26-13-19(25)12-24-14-23(5)21-9-16(3)17(4)10-22(21)24/h7-11,14,19,25H,6,12-13H2,1-5H3/q+1/t19-/m1/s1. The summed E-state index contributed by atoms with van der Waals surface area (Å²) in [4.78, 5) is 0. The molecule has 2 aromatic carbocycles. The number of aryl methyl sites for hydroxylation is 5. The predicted molar refractivity (Wildman–Crippen MR) is 105 cm³/mol. The van der Waals surface area contributed by atoms with Crippen LogP contribution in [0.15, 0.2) is 36.7 Å². The smallest absolute Gasteiger partial charge is 0.244 e. The van der Waals surface area contributed by atoms with Crippen molar-refractivity contribution in [1.82, 2.24) is 4.57 Å². The van der Waals surface area contributed by atoms with E-state index in [1.165, 1.54) is 27.8 Å². The lowest BCUT2D eigenvalue weighted by atomic mass is 10.1. The van der Waals surface area contributed by atoms with Gasteiger partial charge in [0.1, 0.15) is 25.0 Å². The lowest BCUT2D eigenvalue weighted by Gasteiger charge is -2.12. The van der Waals surface area contributed by atoms with Crippen molar-refractivity contribution in [1.29, 1.82) is 0 Å². The van der Waals surface area contributed by atoms with Crippen molar-refractivity contribution in [3.63, 3.8) is 0 Å². The molecule has 4 nitrogen and oxygen atoms in total. The van der Waals surface area contributed by atoms with Crippen LogP contribution in [-0.2, 0) is 20.0 Å². The topological polar surface area (TPSA) is 38.3 Å². The quantitative estimate of drug-likeness (QED) is 0.690. The third-order valence-electron chi connectivity index (χ3n) is 4.96. The van der Waals surface area contributed by atoms with E-state index in [9.17, 15) is 5.11 Å². The van der Waals surface area contributed by atoms with Crippen molar-refractivity contribution in [3.8, 4) is 5.75 Å². The fourth-order valence-electron chi connectivity index (χ4n) is 3.36. The van der Waals surface area contributed by atoms with E-state index in [1.807, 2.05) is 19.4 Å². The summed E-state index contributed by atoms with van der Waals surface area (Å²) in [5.41, 5.74) is 7.29. The highest BCUT2D eigenvalue weighted by Crippen LogP contribution is 2.19. The van der Waals surface area contributed by atoms with Gasteiger partial charge in [0.15, 0.2) is 11.0 Å². The second kappa shape index (κ2) is 7.50. The fourth-order valence-corrected chi connectivity index (χ4v) is 3.36. The molecule has 1 atom stereocenters. The highest BCUT2D eigenvalue weighted by atomic mass is 16.5. The lowest BCUT2D eigenvalue weighted by molar-refractivity contribution is -0.645. The molecule has 0 amide bonds.